The second-order valence-corrected chi connectivity index (χ2v) is 6.52. The quantitative estimate of drug-likeness (QED) is 0.598. The molecule has 0 radical (unpaired) electrons. The SMILES string of the molecule is CC.CCCCCCCCC(=O)NS(=O)c1ccc(CC)cc1. The number of carbonyl (C=O) groups is 1. The van der Waals surface area contributed by atoms with Crippen LogP contribution in [-0.2, 0) is 22.2 Å². The maximum absolute atomic E-state index is 12.0. The van der Waals surface area contributed by atoms with E-state index in [1.165, 1.54) is 31.2 Å². The first kappa shape index (κ1) is 21.8. The van der Waals surface area contributed by atoms with Crippen molar-refractivity contribution in [3.63, 3.8) is 0 Å². The van der Waals surface area contributed by atoms with Gasteiger partial charge in [0.15, 0.2) is 11.0 Å². The lowest BCUT2D eigenvalue weighted by Crippen LogP contribution is -2.25. The van der Waals surface area contributed by atoms with Crippen LogP contribution in [0, 0.1) is 0 Å². The van der Waals surface area contributed by atoms with Crippen molar-refractivity contribution in [3.05, 3.63) is 29.8 Å². The Labute approximate surface area is 144 Å². The molecule has 0 aliphatic carbocycles. The first-order chi connectivity index (χ1) is 11.2. The van der Waals surface area contributed by atoms with Gasteiger partial charge in [-0.25, -0.2) is 4.21 Å². The Bertz CT molecular complexity index is 443. The van der Waals surface area contributed by atoms with Gasteiger partial charge in [-0.05, 0) is 30.5 Å². The van der Waals surface area contributed by atoms with Crippen LogP contribution < -0.4 is 4.72 Å². The fraction of sp³-hybridized carbons (Fsp3) is 0.632. The summed E-state index contributed by atoms with van der Waals surface area (Å²) in [6.07, 6.45) is 8.30. The van der Waals surface area contributed by atoms with E-state index in [1.807, 2.05) is 38.1 Å². The van der Waals surface area contributed by atoms with E-state index in [2.05, 4.69) is 18.6 Å². The predicted octanol–water partition coefficient (Wildman–Crippen LogP) is 5.16. The van der Waals surface area contributed by atoms with Crippen molar-refractivity contribution in [2.75, 3.05) is 0 Å². The van der Waals surface area contributed by atoms with Crippen LogP contribution in [-0.4, -0.2) is 10.1 Å². The van der Waals surface area contributed by atoms with Crippen LogP contribution in [0.2, 0.25) is 0 Å². The van der Waals surface area contributed by atoms with Gasteiger partial charge in [-0.1, -0.05) is 71.9 Å². The highest BCUT2D eigenvalue weighted by Gasteiger charge is 2.08. The molecule has 1 rings (SSSR count). The number of amides is 1. The highest BCUT2D eigenvalue weighted by molar-refractivity contribution is 7.83. The number of benzene rings is 1. The van der Waals surface area contributed by atoms with Crippen molar-refractivity contribution in [2.45, 2.75) is 84.0 Å². The van der Waals surface area contributed by atoms with Gasteiger partial charge in [0.2, 0.25) is 5.91 Å². The molecule has 0 aliphatic heterocycles. The van der Waals surface area contributed by atoms with Crippen molar-refractivity contribution in [1.82, 2.24) is 4.72 Å². The molecule has 0 bridgehead atoms. The lowest BCUT2D eigenvalue weighted by atomic mass is 10.1. The summed E-state index contributed by atoms with van der Waals surface area (Å²) in [5, 5.41) is 0. The molecule has 1 unspecified atom stereocenters. The van der Waals surface area contributed by atoms with Crippen LogP contribution in [0.25, 0.3) is 0 Å². The molecule has 1 N–H and O–H groups in total. The minimum absolute atomic E-state index is 0.122. The van der Waals surface area contributed by atoms with Crippen molar-refractivity contribution in [1.29, 1.82) is 0 Å². The zero-order valence-electron chi connectivity index (χ0n) is 15.2. The number of hydrogen-bond acceptors (Lipinski definition) is 2. The molecule has 0 saturated heterocycles. The van der Waals surface area contributed by atoms with Gasteiger partial charge in [-0.2, -0.15) is 0 Å². The molecular formula is C19H33NO2S. The Balaban J connectivity index is 0.00000232. The van der Waals surface area contributed by atoms with Crippen LogP contribution in [0.5, 0.6) is 0 Å². The molecule has 0 aliphatic rings. The number of unbranched alkanes of at least 4 members (excludes halogenated alkanes) is 5. The van der Waals surface area contributed by atoms with E-state index in [-0.39, 0.29) is 5.91 Å². The van der Waals surface area contributed by atoms with E-state index in [4.69, 9.17) is 0 Å². The molecule has 0 aromatic heterocycles. The second-order valence-electron chi connectivity index (χ2n) is 5.31. The summed E-state index contributed by atoms with van der Waals surface area (Å²) in [7, 11) is -1.43. The molecule has 4 heteroatoms. The standard InChI is InChI=1S/C17H27NO2S.C2H6/c1-3-5-6-7-8-9-10-17(19)18-21(20)16-13-11-15(4-2)12-14-16;1-2/h11-14H,3-10H2,1-2H3,(H,18,19);1-2H3. The number of rotatable bonds is 10. The molecule has 132 valence electrons. The smallest absolute Gasteiger partial charge is 0.231 e. The van der Waals surface area contributed by atoms with Crippen LogP contribution in [0.1, 0.15) is 78.2 Å². The van der Waals surface area contributed by atoms with E-state index >= 15 is 0 Å². The fourth-order valence-electron chi connectivity index (χ4n) is 2.13. The van der Waals surface area contributed by atoms with E-state index in [9.17, 15) is 9.00 Å². The Hall–Kier alpha value is -1.16. The molecule has 0 fully saturated rings. The van der Waals surface area contributed by atoms with Gasteiger partial charge in [-0.15, -0.1) is 0 Å². The molecule has 0 spiro atoms. The van der Waals surface area contributed by atoms with E-state index in [1.54, 1.807) is 0 Å². The average Bonchev–Trinajstić information content (AvgIpc) is 2.59. The highest BCUT2D eigenvalue weighted by atomic mass is 32.2. The molecule has 1 aromatic rings. The third kappa shape index (κ3) is 10.3. The fourth-order valence-corrected chi connectivity index (χ4v) is 2.94. The van der Waals surface area contributed by atoms with E-state index < -0.39 is 11.0 Å². The molecule has 0 saturated carbocycles. The van der Waals surface area contributed by atoms with Gasteiger partial charge in [0.25, 0.3) is 0 Å². The van der Waals surface area contributed by atoms with Crippen molar-refractivity contribution < 1.29 is 9.00 Å². The van der Waals surface area contributed by atoms with Crippen LogP contribution >= 0.6 is 0 Å². The Morgan fingerprint density at radius 2 is 1.52 bits per heavy atom. The zero-order valence-corrected chi connectivity index (χ0v) is 16.0. The lowest BCUT2D eigenvalue weighted by molar-refractivity contribution is -0.119. The maximum atomic E-state index is 12.0. The van der Waals surface area contributed by atoms with E-state index in [0.717, 1.165) is 19.3 Å². The monoisotopic (exact) mass is 339 g/mol. The van der Waals surface area contributed by atoms with Gasteiger partial charge >= 0.3 is 0 Å². The first-order valence-electron chi connectivity index (χ1n) is 8.97. The number of carbonyl (C=O) groups excluding carboxylic acids is 1. The Kier molecular flexibility index (Phi) is 13.7. The van der Waals surface area contributed by atoms with Crippen LogP contribution in [0.15, 0.2) is 29.2 Å². The summed E-state index contributed by atoms with van der Waals surface area (Å²) in [4.78, 5) is 12.4. The molecule has 1 amide bonds. The molecule has 1 aromatic carbocycles. The van der Waals surface area contributed by atoms with Crippen LogP contribution in [0.3, 0.4) is 0 Å². The summed E-state index contributed by atoms with van der Waals surface area (Å²) in [5.41, 5.74) is 1.20. The molecular weight excluding hydrogens is 306 g/mol. The Morgan fingerprint density at radius 1 is 0.957 bits per heavy atom. The second kappa shape index (κ2) is 14.4. The van der Waals surface area contributed by atoms with Gasteiger partial charge < -0.3 is 0 Å². The zero-order chi connectivity index (χ0) is 17.5. The number of aryl methyl sites for hydroxylation is 1. The number of hydrogen-bond donors (Lipinski definition) is 1. The molecule has 23 heavy (non-hydrogen) atoms. The van der Waals surface area contributed by atoms with Crippen LogP contribution in [0.4, 0.5) is 0 Å². The summed E-state index contributed by atoms with van der Waals surface area (Å²) >= 11 is 0. The average molecular weight is 340 g/mol. The van der Waals surface area contributed by atoms with E-state index in [0.29, 0.717) is 11.3 Å². The summed E-state index contributed by atoms with van der Waals surface area (Å²) in [5.74, 6) is -0.122. The van der Waals surface area contributed by atoms with Gasteiger partial charge in [-0.3, -0.25) is 9.52 Å². The Morgan fingerprint density at radius 3 is 2.09 bits per heavy atom. The summed E-state index contributed by atoms with van der Waals surface area (Å²) < 4.78 is 14.6. The highest BCUT2D eigenvalue weighted by Crippen LogP contribution is 2.09. The topological polar surface area (TPSA) is 46.2 Å². The minimum Gasteiger partial charge on any atom is -0.274 e. The molecule has 3 nitrogen and oxygen atoms in total. The lowest BCUT2D eigenvalue weighted by Gasteiger charge is -2.06. The first-order valence-corrected chi connectivity index (χ1v) is 10.1. The third-order valence-corrected chi connectivity index (χ3v) is 4.62. The van der Waals surface area contributed by atoms with Crippen molar-refractivity contribution in [3.8, 4) is 0 Å². The van der Waals surface area contributed by atoms with Gasteiger partial charge in [0, 0.05) is 6.42 Å². The largest absolute Gasteiger partial charge is 0.274 e. The third-order valence-electron chi connectivity index (χ3n) is 3.51. The number of nitrogens with one attached hydrogen (secondary N) is 1. The van der Waals surface area contributed by atoms with Crippen molar-refractivity contribution in [2.24, 2.45) is 0 Å². The van der Waals surface area contributed by atoms with Gasteiger partial charge in [0.05, 0.1) is 4.90 Å². The summed E-state index contributed by atoms with van der Waals surface area (Å²) in [6, 6.07) is 7.54. The normalized spacial score (nSPS) is 11.3. The molecule has 0 heterocycles. The predicted molar refractivity (Wildman–Crippen MR) is 99.7 cm³/mol. The van der Waals surface area contributed by atoms with Gasteiger partial charge in [0.1, 0.15) is 0 Å². The summed E-state index contributed by atoms with van der Waals surface area (Å²) in [6.45, 7) is 8.27. The maximum Gasteiger partial charge on any atom is 0.231 e. The minimum atomic E-state index is -1.43. The molecule has 1 atom stereocenters. The van der Waals surface area contributed by atoms with Crippen molar-refractivity contribution >= 4 is 16.9 Å².